The number of nitrogens with zero attached hydrogens (tertiary/aromatic N) is 3. The first-order chi connectivity index (χ1) is 10.8. The van der Waals surface area contributed by atoms with Crippen molar-refractivity contribution < 1.29 is 4.79 Å². The molecule has 0 unspecified atom stereocenters. The SMILES string of the molecule is O=C(NCCn1ccnc1-c1ccccn1)[C@H]1CC=CCC1. The van der Waals surface area contributed by atoms with Crippen molar-refractivity contribution in [2.45, 2.75) is 25.8 Å². The smallest absolute Gasteiger partial charge is 0.223 e. The van der Waals surface area contributed by atoms with Crippen LogP contribution in [0.2, 0.25) is 0 Å². The van der Waals surface area contributed by atoms with Gasteiger partial charge < -0.3 is 9.88 Å². The lowest BCUT2D eigenvalue weighted by molar-refractivity contribution is -0.125. The van der Waals surface area contributed by atoms with Gasteiger partial charge in [0.15, 0.2) is 5.82 Å². The largest absolute Gasteiger partial charge is 0.354 e. The number of nitrogens with one attached hydrogen (secondary N) is 1. The molecule has 2 aromatic rings. The summed E-state index contributed by atoms with van der Waals surface area (Å²) in [6.07, 6.45) is 12.5. The standard InChI is InChI=1S/C17H20N4O/c22-17(14-6-2-1-3-7-14)20-11-13-21-12-10-19-16(21)15-8-4-5-9-18-15/h1-2,4-5,8-10,12,14H,3,6-7,11,13H2,(H,20,22)/t14-/m0/s1. The van der Waals surface area contributed by atoms with Gasteiger partial charge in [-0.3, -0.25) is 9.78 Å². The molecule has 0 spiro atoms. The molecule has 1 atom stereocenters. The van der Waals surface area contributed by atoms with Gasteiger partial charge in [-0.25, -0.2) is 4.98 Å². The maximum Gasteiger partial charge on any atom is 0.223 e. The van der Waals surface area contributed by atoms with Crippen LogP contribution in [0.15, 0.2) is 48.9 Å². The minimum atomic E-state index is 0.128. The van der Waals surface area contributed by atoms with Crippen molar-refractivity contribution in [3.05, 3.63) is 48.9 Å². The monoisotopic (exact) mass is 296 g/mol. The summed E-state index contributed by atoms with van der Waals surface area (Å²) in [5.41, 5.74) is 0.844. The fraction of sp³-hybridized carbons (Fsp3) is 0.353. The number of carbonyl (C=O) groups is 1. The molecule has 5 nitrogen and oxygen atoms in total. The minimum absolute atomic E-state index is 0.128. The van der Waals surface area contributed by atoms with Gasteiger partial charge in [-0.1, -0.05) is 18.2 Å². The normalized spacial score (nSPS) is 17.4. The van der Waals surface area contributed by atoms with E-state index in [4.69, 9.17) is 0 Å². The molecule has 1 aliphatic carbocycles. The van der Waals surface area contributed by atoms with Gasteiger partial charge in [0.05, 0.1) is 0 Å². The Bertz CT molecular complexity index is 648. The summed E-state index contributed by atoms with van der Waals surface area (Å²) >= 11 is 0. The van der Waals surface area contributed by atoms with Crippen molar-refractivity contribution in [2.24, 2.45) is 5.92 Å². The molecular weight excluding hydrogens is 276 g/mol. The molecule has 2 aromatic heterocycles. The average molecular weight is 296 g/mol. The molecule has 22 heavy (non-hydrogen) atoms. The molecule has 1 aliphatic rings. The molecule has 1 N–H and O–H groups in total. The highest BCUT2D eigenvalue weighted by molar-refractivity contribution is 5.78. The molecule has 0 fully saturated rings. The van der Waals surface area contributed by atoms with Crippen LogP contribution in [0.3, 0.4) is 0 Å². The summed E-state index contributed by atoms with van der Waals surface area (Å²) in [7, 11) is 0. The number of amides is 1. The van der Waals surface area contributed by atoms with Crippen molar-refractivity contribution >= 4 is 5.91 Å². The lowest BCUT2D eigenvalue weighted by atomic mass is 9.94. The molecule has 0 bridgehead atoms. The fourth-order valence-corrected chi connectivity index (χ4v) is 2.69. The summed E-state index contributed by atoms with van der Waals surface area (Å²) < 4.78 is 2.02. The first kappa shape index (κ1) is 14.5. The molecule has 0 saturated heterocycles. The average Bonchev–Trinajstić information content (AvgIpc) is 3.05. The predicted molar refractivity (Wildman–Crippen MR) is 84.9 cm³/mol. The molecule has 0 radical (unpaired) electrons. The molecule has 0 aromatic carbocycles. The van der Waals surface area contributed by atoms with E-state index >= 15 is 0 Å². The van der Waals surface area contributed by atoms with Crippen LogP contribution in [-0.4, -0.2) is 27.0 Å². The summed E-state index contributed by atoms with van der Waals surface area (Å²) in [5, 5.41) is 3.03. The van der Waals surface area contributed by atoms with E-state index in [1.54, 1.807) is 12.4 Å². The van der Waals surface area contributed by atoms with E-state index in [1.165, 1.54) is 0 Å². The lowest BCUT2D eigenvalue weighted by Crippen LogP contribution is -2.33. The number of hydrogen-bond acceptors (Lipinski definition) is 3. The zero-order valence-corrected chi connectivity index (χ0v) is 12.5. The lowest BCUT2D eigenvalue weighted by Gasteiger charge is -2.17. The Balaban J connectivity index is 1.55. The van der Waals surface area contributed by atoms with Crippen LogP contribution in [0.4, 0.5) is 0 Å². The topological polar surface area (TPSA) is 59.8 Å². The van der Waals surface area contributed by atoms with Crippen LogP contribution < -0.4 is 5.32 Å². The van der Waals surface area contributed by atoms with Gasteiger partial charge in [-0.2, -0.15) is 0 Å². The highest BCUT2D eigenvalue weighted by Crippen LogP contribution is 2.18. The predicted octanol–water partition coefficient (Wildman–Crippen LogP) is 2.42. The first-order valence-electron chi connectivity index (χ1n) is 7.70. The van der Waals surface area contributed by atoms with Gasteiger partial charge in [-0.15, -0.1) is 0 Å². The second-order valence-electron chi connectivity index (χ2n) is 5.43. The van der Waals surface area contributed by atoms with E-state index in [2.05, 4.69) is 27.4 Å². The summed E-state index contributed by atoms with van der Waals surface area (Å²) in [6, 6.07) is 5.77. The Morgan fingerprint density at radius 3 is 3.00 bits per heavy atom. The number of imidazole rings is 1. The highest BCUT2D eigenvalue weighted by Gasteiger charge is 2.18. The molecule has 1 amide bonds. The van der Waals surface area contributed by atoms with E-state index in [9.17, 15) is 4.79 Å². The Kier molecular flexibility index (Phi) is 4.63. The number of aromatic nitrogens is 3. The number of carbonyl (C=O) groups excluding carboxylic acids is 1. The third-order valence-electron chi connectivity index (χ3n) is 3.90. The van der Waals surface area contributed by atoms with Gasteiger partial charge in [0.1, 0.15) is 5.69 Å². The summed E-state index contributed by atoms with van der Waals surface area (Å²) in [6.45, 7) is 1.30. The summed E-state index contributed by atoms with van der Waals surface area (Å²) in [5.74, 6) is 1.11. The summed E-state index contributed by atoms with van der Waals surface area (Å²) in [4.78, 5) is 20.8. The van der Waals surface area contributed by atoms with Gasteiger partial charge >= 0.3 is 0 Å². The third kappa shape index (κ3) is 3.42. The van der Waals surface area contributed by atoms with Crippen LogP contribution in [0.25, 0.3) is 11.5 Å². The zero-order chi connectivity index (χ0) is 15.2. The molecule has 0 saturated carbocycles. The molecule has 0 aliphatic heterocycles. The molecule has 3 rings (SSSR count). The van der Waals surface area contributed by atoms with Gasteiger partial charge in [-0.05, 0) is 31.4 Å². The van der Waals surface area contributed by atoms with Crippen LogP contribution in [-0.2, 0) is 11.3 Å². The Morgan fingerprint density at radius 2 is 2.23 bits per heavy atom. The molecule has 114 valence electrons. The second kappa shape index (κ2) is 7.02. The molecule has 5 heteroatoms. The third-order valence-corrected chi connectivity index (χ3v) is 3.90. The van der Waals surface area contributed by atoms with E-state index in [1.807, 2.05) is 29.0 Å². The maximum atomic E-state index is 12.1. The zero-order valence-electron chi connectivity index (χ0n) is 12.5. The van der Waals surface area contributed by atoms with E-state index in [0.717, 1.165) is 30.8 Å². The van der Waals surface area contributed by atoms with Crippen molar-refractivity contribution in [3.8, 4) is 11.5 Å². The molecule has 2 heterocycles. The number of hydrogen-bond donors (Lipinski definition) is 1. The highest BCUT2D eigenvalue weighted by atomic mass is 16.1. The maximum absolute atomic E-state index is 12.1. The van der Waals surface area contributed by atoms with Crippen LogP contribution >= 0.6 is 0 Å². The van der Waals surface area contributed by atoms with E-state index in [0.29, 0.717) is 13.1 Å². The van der Waals surface area contributed by atoms with Crippen LogP contribution in [0.1, 0.15) is 19.3 Å². The molecular formula is C17H20N4O. The Morgan fingerprint density at radius 1 is 1.27 bits per heavy atom. The fourth-order valence-electron chi connectivity index (χ4n) is 2.69. The van der Waals surface area contributed by atoms with Crippen molar-refractivity contribution in [3.63, 3.8) is 0 Å². The number of allylic oxidation sites excluding steroid dienone is 2. The first-order valence-corrected chi connectivity index (χ1v) is 7.70. The van der Waals surface area contributed by atoms with Crippen molar-refractivity contribution in [2.75, 3.05) is 6.54 Å². The number of rotatable bonds is 5. The van der Waals surface area contributed by atoms with Gasteiger partial charge in [0.25, 0.3) is 0 Å². The quantitative estimate of drug-likeness (QED) is 0.862. The van der Waals surface area contributed by atoms with Crippen LogP contribution in [0.5, 0.6) is 0 Å². The van der Waals surface area contributed by atoms with Crippen molar-refractivity contribution in [1.82, 2.24) is 19.9 Å². The Hall–Kier alpha value is -2.43. The minimum Gasteiger partial charge on any atom is -0.354 e. The van der Waals surface area contributed by atoms with Crippen molar-refractivity contribution in [1.29, 1.82) is 0 Å². The number of pyridine rings is 1. The van der Waals surface area contributed by atoms with Crippen LogP contribution in [0, 0.1) is 5.92 Å². The van der Waals surface area contributed by atoms with E-state index < -0.39 is 0 Å². The van der Waals surface area contributed by atoms with E-state index in [-0.39, 0.29) is 11.8 Å². The Labute approximate surface area is 130 Å². The van der Waals surface area contributed by atoms with Gasteiger partial charge in [0.2, 0.25) is 5.91 Å². The second-order valence-corrected chi connectivity index (χ2v) is 5.43. The van der Waals surface area contributed by atoms with Gasteiger partial charge in [0, 0.05) is 37.6 Å².